The van der Waals surface area contributed by atoms with Gasteiger partial charge in [0, 0.05) is 25.5 Å². The fourth-order valence-electron chi connectivity index (χ4n) is 1.31. The predicted octanol–water partition coefficient (Wildman–Crippen LogP) is 2.19. The van der Waals surface area contributed by atoms with Gasteiger partial charge in [0.2, 0.25) is 0 Å². The normalized spacial score (nSPS) is 10.9. The lowest BCUT2D eigenvalue weighted by molar-refractivity contribution is 0.588. The van der Waals surface area contributed by atoms with Gasteiger partial charge in [-0.1, -0.05) is 11.6 Å². The van der Waals surface area contributed by atoms with Crippen molar-refractivity contribution in [3.8, 4) is 0 Å². The van der Waals surface area contributed by atoms with Crippen molar-refractivity contribution in [2.24, 2.45) is 0 Å². The van der Waals surface area contributed by atoms with Gasteiger partial charge in [0.1, 0.15) is 0 Å². The molecule has 0 aliphatic heterocycles. The van der Waals surface area contributed by atoms with Gasteiger partial charge in [-0.2, -0.15) is 5.10 Å². The zero-order valence-corrected chi connectivity index (χ0v) is 9.99. The fourth-order valence-corrected chi connectivity index (χ4v) is 1.65. The van der Waals surface area contributed by atoms with Gasteiger partial charge in [0.15, 0.2) is 0 Å². The fraction of sp³-hybridized carbons (Fsp3) is 0.667. The van der Waals surface area contributed by atoms with Crippen molar-refractivity contribution in [2.75, 3.05) is 12.4 Å². The van der Waals surface area contributed by atoms with E-state index in [4.69, 9.17) is 23.2 Å². The summed E-state index contributed by atoms with van der Waals surface area (Å²) >= 11 is 11.7. The lowest BCUT2D eigenvalue weighted by atomic mass is 10.3. The Morgan fingerprint density at radius 2 is 2.21 bits per heavy atom. The van der Waals surface area contributed by atoms with Gasteiger partial charge >= 0.3 is 0 Å². The first-order valence-corrected chi connectivity index (χ1v) is 5.60. The average molecular weight is 236 g/mol. The summed E-state index contributed by atoms with van der Waals surface area (Å²) in [7, 11) is 0. The Labute approximate surface area is 94.4 Å². The van der Waals surface area contributed by atoms with Crippen LogP contribution >= 0.6 is 23.2 Å². The molecule has 1 aromatic rings. The molecule has 1 aromatic heterocycles. The SMILES string of the molecule is CCn1nc(C)c(Cl)c1CNCCCl. The van der Waals surface area contributed by atoms with Crippen molar-refractivity contribution in [3.63, 3.8) is 0 Å². The van der Waals surface area contributed by atoms with Crippen LogP contribution in [0, 0.1) is 6.92 Å². The van der Waals surface area contributed by atoms with E-state index in [1.54, 1.807) is 0 Å². The highest BCUT2D eigenvalue weighted by Crippen LogP contribution is 2.19. The Morgan fingerprint density at radius 1 is 1.50 bits per heavy atom. The van der Waals surface area contributed by atoms with Crippen LogP contribution in [0.3, 0.4) is 0 Å². The summed E-state index contributed by atoms with van der Waals surface area (Å²) in [5, 5.41) is 8.28. The molecule has 14 heavy (non-hydrogen) atoms. The Hall–Kier alpha value is -0.250. The molecule has 0 radical (unpaired) electrons. The number of nitrogens with zero attached hydrogens (tertiary/aromatic N) is 2. The second kappa shape index (κ2) is 5.59. The molecule has 80 valence electrons. The van der Waals surface area contributed by atoms with Crippen molar-refractivity contribution in [1.29, 1.82) is 0 Å². The van der Waals surface area contributed by atoms with Crippen LogP contribution < -0.4 is 5.32 Å². The van der Waals surface area contributed by atoms with Gasteiger partial charge in [-0.25, -0.2) is 0 Å². The Kier molecular flexibility index (Phi) is 4.72. The molecule has 1 N–H and O–H groups in total. The van der Waals surface area contributed by atoms with E-state index in [1.807, 2.05) is 18.5 Å². The average Bonchev–Trinajstić information content (AvgIpc) is 2.45. The Morgan fingerprint density at radius 3 is 2.79 bits per heavy atom. The number of hydrogen-bond donors (Lipinski definition) is 1. The van der Waals surface area contributed by atoms with E-state index < -0.39 is 0 Å². The molecule has 1 heterocycles. The Bertz CT molecular complexity index is 296. The summed E-state index contributed by atoms with van der Waals surface area (Å²) in [5.41, 5.74) is 1.92. The third-order valence-corrected chi connectivity index (χ3v) is 2.70. The molecule has 3 nitrogen and oxygen atoms in total. The number of aromatic nitrogens is 2. The summed E-state index contributed by atoms with van der Waals surface area (Å²) in [6.07, 6.45) is 0. The minimum Gasteiger partial charge on any atom is -0.310 e. The molecule has 0 amide bonds. The molecule has 0 bridgehead atoms. The van der Waals surface area contributed by atoms with E-state index in [2.05, 4.69) is 10.4 Å². The van der Waals surface area contributed by atoms with Crippen molar-refractivity contribution in [1.82, 2.24) is 15.1 Å². The summed E-state index contributed by atoms with van der Waals surface area (Å²) in [6, 6.07) is 0. The van der Waals surface area contributed by atoms with Crippen LogP contribution in [-0.2, 0) is 13.1 Å². The summed E-state index contributed by atoms with van der Waals surface area (Å²) in [4.78, 5) is 0. The minimum atomic E-state index is 0.608. The van der Waals surface area contributed by atoms with E-state index in [0.29, 0.717) is 5.88 Å². The van der Waals surface area contributed by atoms with Crippen molar-refractivity contribution >= 4 is 23.2 Å². The Balaban J connectivity index is 2.72. The van der Waals surface area contributed by atoms with E-state index in [0.717, 1.165) is 36.0 Å². The number of alkyl halides is 1. The van der Waals surface area contributed by atoms with Crippen molar-refractivity contribution in [3.05, 3.63) is 16.4 Å². The predicted molar refractivity (Wildman–Crippen MR) is 60.1 cm³/mol. The number of aryl methyl sites for hydroxylation is 2. The lowest BCUT2D eigenvalue weighted by Gasteiger charge is -2.05. The van der Waals surface area contributed by atoms with E-state index in [9.17, 15) is 0 Å². The highest BCUT2D eigenvalue weighted by atomic mass is 35.5. The van der Waals surface area contributed by atoms with Crippen LogP contribution in [0.1, 0.15) is 18.3 Å². The zero-order valence-electron chi connectivity index (χ0n) is 8.48. The monoisotopic (exact) mass is 235 g/mol. The molecule has 0 fully saturated rings. The molecule has 0 saturated heterocycles. The van der Waals surface area contributed by atoms with Crippen molar-refractivity contribution < 1.29 is 0 Å². The molecule has 1 rings (SSSR count). The van der Waals surface area contributed by atoms with E-state index in [-0.39, 0.29) is 0 Å². The van der Waals surface area contributed by atoms with Crippen LogP contribution in [0.5, 0.6) is 0 Å². The maximum absolute atomic E-state index is 6.12. The zero-order chi connectivity index (χ0) is 10.6. The van der Waals surface area contributed by atoms with Gasteiger partial charge in [-0.15, -0.1) is 11.6 Å². The lowest BCUT2D eigenvalue weighted by Crippen LogP contribution is -2.18. The first-order chi connectivity index (χ1) is 6.70. The van der Waals surface area contributed by atoms with Crippen LogP contribution in [0.25, 0.3) is 0 Å². The largest absolute Gasteiger partial charge is 0.310 e. The summed E-state index contributed by atoms with van der Waals surface area (Å²) in [6.45, 7) is 6.31. The van der Waals surface area contributed by atoms with Crippen LogP contribution in [0.2, 0.25) is 5.02 Å². The number of halogens is 2. The maximum atomic E-state index is 6.12. The molecule has 0 spiro atoms. The number of rotatable bonds is 5. The van der Waals surface area contributed by atoms with Gasteiger partial charge in [-0.05, 0) is 13.8 Å². The molecule has 0 aromatic carbocycles. The van der Waals surface area contributed by atoms with Crippen LogP contribution in [0.15, 0.2) is 0 Å². The first-order valence-electron chi connectivity index (χ1n) is 4.69. The van der Waals surface area contributed by atoms with Gasteiger partial charge in [0.25, 0.3) is 0 Å². The molecule has 0 saturated carbocycles. The second-order valence-electron chi connectivity index (χ2n) is 3.03. The third kappa shape index (κ3) is 2.62. The highest BCUT2D eigenvalue weighted by molar-refractivity contribution is 6.31. The second-order valence-corrected chi connectivity index (χ2v) is 3.78. The molecule has 5 heteroatoms. The van der Waals surface area contributed by atoms with Gasteiger partial charge in [-0.3, -0.25) is 4.68 Å². The highest BCUT2D eigenvalue weighted by Gasteiger charge is 2.11. The standard InChI is InChI=1S/C9H15Cl2N3/c1-3-14-8(6-12-5-4-10)9(11)7(2)13-14/h12H,3-6H2,1-2H3. The molecular weight excluding hydrogens is 221 g/mol. The topological polar surface area (TPSA) is 29.9 Å². The van der Waals surface area contributed by atoms with Crippen LogP contribution in [-0.4, -0.2) is 22.2 Å². The molecular formula is C9H15Cl2N3. The minimum absolute atomic E-state index is 0.608. The molecule has 0 aliphatic carbocycles. The first kappa shape index (κ1) is 11.8. The molecule has 0 unspecified atom stereocenters. The van der Waals surface area contributed by atoms with E-state index in [1.165, 1.54) is 0 Å². The summed E-state index contributed by atoms with van der Waals surface area (Å²) in [5.74, 6) is 0.608. The third-order valence-electron chi connectivity index (χ3n) is 2.02. The van der Waals surface area contributed by atoms with Crippen molar-refractivity contribution in [2.45, 2.75) is 26.9 Å². The molecule has 0 aliphatic rings. The van der Waals surface area contributed by atoms with Crippen LogP contribution in [0.4, 0.5) is 0 Å². The van der Waals surface area contributed by atoms with Gasteiger partial charge in [0.05, 0.1) is 16.4 Å². The smallest absolute Gasteiger partial charge is 0.0860 e. The number of nitrogens with one attached hydrogen (secondary N) is 1. The number of hydrogen-bond acceptors (Lipinski definition) is 2. The van der Waals surface area contributed by atoms with Gasteiger partial charge < -0.3 is 5.32 Å². The maximum Gasteiger partial charge on any atom is 0.0860 e. The molecule has 0 atom stereocenters. The van der Waals surface area contributed by atoms with E-state index >= 15 is 0 Å². The quantitative estimate of drug-likeness (QED) is 0.627. The summed E-state index contributed by atoms with van der Waals surface area (Å²) < 4.78 is 1.92.